The zero-order valence-electron chi connectivity index (χ0n) is 12.0. The van der Waals surface area contributed by atoms with Gasteiger partial charge in [0.05, 0.1) is 16.4 Å². The van der Waals surface area contributed by atoms with E-state index in [2.05, 4.69) is 69.9 Å². The van der Waals surface area contributed by atoms with Gasteiger partial charge in [-0.15, -0.1) is 11.6 Å². The molecule has 4 heteroatoms. The maximum absolute atomic E-state index is 6.33. The Kier molecular flexibility index (Phi) is 4.05. The van der Waals surface area contributed by atoms with Crippen molar-refractivity contribution < 1.29 is 0 Å². The van der Waals surface area contributed by atoms with Gasteiger partial charge in [0.2, 0.25) is 0 Å². The molecule has 0 bridgehead atoms. The smallest absolute Gasteiger partial charge is 0.128 e. The van der Waals surface area contributed by atoms with Crippen LogP contribution in [-0.2, 0) is 6.54 Å². The predicted octanol–water partition coefficient (Wildman–Crippen LogP) is 5.46. The van der Waals surface area contributed by atoms with Crippen LogP contribution in [0.4, 0.5) is 0 Å². The Morgan fingerprint density at radius 2 is 1.90 bits per heavy atom. The molecule has 0 saturated heterocycles. The molecule has 1 heterocycles. The minimum Gasteiger partial charge on any atom is -0.322 e. The van der Waals surface area contributed by atoms with E-state index in [0.29, 0.717) is 0 Å². The Balaban J connectivity index is 2.13. The van der Waals surface area contributed by atoms with Gasteiger partial charge in [0.25, 0.3) is 0 Å². The first-order valence-electron chi connectivity index (χ1n) is 6.90. The van der Waals surface area contributed by atoms with E-state index in [1.165, 1.54) is 11.1 Å². The largest absolute Gasteiger partial charge is 0.322 e. The van der Waals surface area contributed by atoms with Crippen LogP contribution in [0.3, 0.4) is 0 Å². The standard InChI is InChI=1S/C17H16BrClN2/c1-11-4-3-5-15-16(11)20-17(12(2)19)21(15)10-13-6-8-14(18)9-7-13/h3-9,12H,10H2,1-2H3. The molecule has 0 spiro atoms. The number of alkyl halides is 1. The fourth-order valence-corrected chi connectivity index (χ4v) is 2.98. The highest BCUT2D eigenvalue weighted by Crippen LogP contribution is 2.27. The van der Waals surface area contributed by atoms with Crippen LogP contribution in [0.5, 0.6) is 0 Å². The second-order valence-electron chi connectivity index (χ2n) is 5.24. The number of rotatable bonds is 3. The average Bonchev–Trinajstić information content (AvgIpc) is 2.82. The molecular formula is C17H16BrClN2. The summed E-state index contributed by atoms with van der Waals surface area (Å²) in [5.41, 5.74) is 4.59. The monoisotopic (exact) mass is 362 g/mol. The van der Waals surface area contributed by atoms with Gasteiger partial charge in [0.15, 0.2) is 0 Å². The van der Waals surface area contributed by atoms with Crippen molar-refractivity contribution in [3.8, 4) is 0 Å². The number of para-hydroxylation sites is 1. The second kappa shape index (κ2) is 5.82. The van der Waals surface area contributed by atoms with E-state index in [4.69, 9.17) is 16.6 Å². The van der Waals surface area contributed by atoms with Crippen molar-refractivity contribution >= 4 is 38.6 Å². The van der Waals surface area contributed by atoms with Crippen molar-refractivity contribution in [2.75, 3.05) is 0 Å². The van der Waals surface area contributed by atoms with E-state index in [1.54, 1.807) is 0 Å². The lowest BCUT2D eigenvalue weighted by Gasteiger charge is -2.11. The molecule has 2 aromatic carbocycles. The summed E-state index contributed by atoms with van der Waals surface area (Å²) in [6.07, 6.45) is 0. The molecule has 0 amide bonds. The first kappa shape index (κ1) is 14.6. The van der Waals surface area contributed by atoms with Crippen LogP contribution in [0.15, 0.2) is 46.9 Å². The highest BCUT2D eigenvalue weighted by molar-refractivity contribution is 9.10. The summed E-state index contributed by atoms with van der Waals surface area (Å²) in [6, 6.07) is 14.6. The SMILES string of the molecule is Cc1cccc2c1nc(C(C)Cl)n2Cc1ccc(Br)cc1. The molecule has 0 radical (unpaired) electrons. The summed E-state index contributed by atoms with van der Waals surface area (Å²) in [5.74, 6) is 0.920. The third-order valence-electron chi connectivity index (χ3n) is 3.62. The highest BCUT2D eigenvalue weighted by Gasteiger charge is 2.16. The van der Waals surface area contributed by atoms with Gasteiger partial charge in [0.1, 0.15) is 5.82 Å². The van der Waals surface area contributed by atoms with Crippen LogP contribution in [0.1, 0.15) is 29.3 Å². The quantitative estimate of drug-likeness (QED) is 0.565. The zero-order chi connectivity index (χ0) is 15.0. The number of hydrogen-bond acceptors (Lipinski definition) is 1. The summed E-state index contributed by atoms with van der Waals surface area (Å²) in [6.45, 7) is 4.83. The normalized spacial score (nSPS) is 12.8. The summed E-state index contributed by atoms with van der Waals surface area (Å²) in [7, 11) is 0. The van der Waals surface area contributed by atoms with Crippen molar-refractivity contribution in [2.45, 2.75) is 25.8 Å². The topological polar surface area (TPSA) is 17.8 Å². The van der Waals surface area contributed by atoms with E-state index in [9.17, 15) is 0 Å². The zero-order valence-corrected chi connectivity index (χ0v) is 14.3. The molecule has 3 rings (SSSR count). The van der Waals surface area contributed by atoms with Gasteiger partial charge in [0, 0.05) is 11.0 Å². The Hall–Kier alpha value is -1.32. The Bertz CT molecular complexity index is 775. The maximum atomic E-state index is 6.33. The number of nitrogens with zero attached hydrogens (tertiary/aromatic N) is 2. The number of hydrogen-bond donors (Lipinski definition) is 0. The van der Waals surface area contributed by atoms with Gasteiger partial charge in [-0.05, 0) is 43.2 Å². The first-order valence-corrected chi connectivity index (χ1v) is 8.13. The summed E-state index contributed by atoms with van der Waals surface area (Å²) in [5, 5.41) is -0.118. The molecular weight excluding hydrogens is 348 g/mol. The molecule has 2 nitrogen and oxygen atoms in total. The molecule has 21 heavy (non-hydrogen) atoms. The Morgan fingerprint density at radius 3 is 2.57 bits per heavy atom. The summed E-state index contributed by atoms with van der Waals surface area (Å²) >= 11 is 9.80. The van der Waals surface area contributed by atoms with Crippen LogP contribution >= 0.6 is 27.5 Å². The molecule has 1 atom stereocenters. The fourth-order valence-electron chi connectivity index (χ4n) is 2.55. The van der Waals surface area contributed by atoms with E-state index in [1.807, 2.05) is 6.92 Å². The lowest BCUT2D eigenvalue weighted by atomic mass is 10.2. The van der Waals surface area contributed by atoms with Gasteiger partial charge in [-0.1, -0.05) is 40.2 Å². The van der Waals surface area contributed by atoms with Crippen LogP contribution in [-0.4, -0.2) is 9.55 Å². The molecule has 0 aliphatic heterocycles. The van der Waals surface area contributed by atoms with E-state index in [-0.39, 0.29) is 5.38 Å². The summed E-state index contributed by atoms with van der Waals surface area (Å²) in [4.78, 5) is 4.75. The molecule has 0 N–H and O–H groups in total. The van der Waals surface area contributed by atoms with Gasteiger partial charge < -0.3 is 4.57 Å². The van der Waals surface area contributed by atoms with Crippen LogP contribution < -0.4 is 0 Å². The Labute approximate surface area is 137 Å². The molecule has 1 aromatic heterocycles. The lowest BCUT2D eigenvalue weighted by molar-refractivity contribution is 0.742. The molecule has 3 aromatic rings. The van der Waals surface area contributed by atoms with Gasteiger partial charge in [-0.25, -0.2) is 4.98 Å². The molecule has 108 valence electrons. The number of benzene rings is 2. The highest BCUT2D eigenvalue weighted by atomic mass is 79.9. The van der Waals surface area contributed by atoms with Gasteiger partial charge in [-0.3, -0.25) is 0 Å². The van der Waals surface area contributed by atoms with E-state index >= 15 is 0 Å². The number of aryl methyl sites for hydroxylation is 1. The minimum absolute atomic E-state index is 0.118. The molecule has 0 saturated carbocycles. The number of imidazole rings is 1. The number of fused-ring (bicyclic) bond motifs is 1. The van der Waals surface area contributed by atoms with Crippen molar-refractivity contribution in [1.29, 1.82) is 0 Å². The van der Waals surface area contributed by atoms with Crippen LogP contribution in [0.25, 0.3) is 11.0 Å². The Morgan fingerprint density at radius 1 is 1.19 bits per heavy atom. The molecule has 1 unspecified atom stereocenters. The van der Waals surface area contributed by atoms with Crippen LogP contribution in [0.2, 0.25) is 0 Å². The van der Waals surface area contributed by atoms with Crippen molar-refractivity contribution in [1.82, 2.24) is 9.55 Å². The third kappa shape index (κ3) is 2.85. The number of aromatic nitrogens is 2. The fraction of sp³-hybridized carbons (Fsp3) is 0.235. The van der Waals surface area contributed by atoms with Crippen LogP contribution in [0, 0.1) is 6.92 Å². The predicted molar refractivity (Wildman–Crippen MR) is 92.0 cm³/mol. The molecule has 0 aliphatic carbocycles. The number of halogens is 2. The average molecular weight is 364 g/mol. The first-order chi connectivity index (χ1) is 10.1. The van der Waals surface area contributed by atoms with Gasteiger partial charge in [-0.2, -0.15) is 0 Å². The van der Waals surface area contributed by atoms with E-state index < -0.39 is 0 Å². The third-order valence-corrected chi connectivity index (χ3v) is 4.34. The minimum atomic E-state index is -0.118. The second-order valence-corrected chi connectivity index (χ2v) is 6.81. The van der Waals surface area contributed by atoms with E-state index in [0.717, 1.165) is 27.9 Å². The molecule has 0 fully saturated rings. The molecule has 0 aliphatic rings. The summed E-state index contributed by atoms with van der Waals surface area (Å²) < 4.78 is 3.30. The lowest BCUT2D eigenvalue weighted by Crippen LogP contribution is -2.05. The maximum Gasteiger partial charge on any atom is 0.128 e. The van der Waals surface area contributed by atoms with Crippen molar-refractivity contribution in [3.05, 3.63) is 63.9 Å². The van der Waals surface area contributed by atoms with Crippen molar-refractivity contribution in [3.63, 3.8) is 0 Å². The van der Waals surface area contributed by atoms with Crippen molar-refractivity contribution in [2.24, 2.45) is 0 Å². The van der Waals surface area contributed by atoms with Gasteiger partial charge >= 0.3 is 0 Å².